The number of hydrogen-bond acceptors (Lipinski definition) is 5. The average molecular weight is 391 g/mol. The second-order valence-corrected chi connectivity index (χ2v) is 8.51. The molecule has 2 N–H and O–H groups in total. The third-order valence-electron chi connectivity index (χ3n) is 5.79. The van der Waals surface area contributed by atoms with Gasteiger partial charge in [-0.05, 0) is 69.5 Å². The standard InChI is InChI=1S/C22H25N5O2/c1-22(2)12-15-10-18(16(11-19(15)29-22)14-4-7-23-8-5-14)26-21(28)17-13-25-27-9-3-6-24-20(17)27/h3,6,9-11,13-14,23H,4-5,7-8,12H2,1-2H3,(H,26,28). The van der Waals surface area contributed by atoms with Crippen LogP contribution in [0.2, 0.25) is 0 Å². The summed E-state index contributed by atoms with van der Waals surface area (Å²) in [6.45, 7) is 6.17. The Morgan fingerprint density at radius 3 is 2.97 bits per heavy atom. The number of carbonyl (C=O) groups excluding carboxylic acids is 1. The lowest BCUT2D eigenvalue weighted by Crippen LogP contribution is -2.27. The number of amides is 1. The van der Waals surface area contributed by atoms with E-state index in [-0.39, 0.29) is 11.5 Å². The summed E-state index contributed by atoms with van der Waals surface area (Å²) < 4.78 is 7.78. The first kappa shape index (κ1) is 18.1. The Morgan fingerprint density at radius 1 is 1.31 bits per heavy atom. The van der Waals surface area contributed by atoms with E-state index in [9.17, 15) is 4.79 Å². The maximum atomic E-state index is 13.1. The number of rotatable bonds is 3. The molecule has 7 nitrogen and oxygen atoms in total. The van der Waals surface area contributed by atoms with E-state index in [1.165, 1.54) is 0 Å². The number of nitrogens with one attached hydrogen (secondary N) is 2. The molecule has 0 spiro atoms. The number of aromatic nitrogens is 3. The van der Waals surface area contributed by atoms with Gasteiger partial charge in [-0.15, -0.1) is 0 Å². The van der Waals surface area contributed by atoms with Crippen molar-refractivity contribution >= 4 is 17.2 Å². The first-order valence-corrected chi connectivity index (χ1v) is 10.2. The summed E-state index contributed by atoms with van der Waals surface area (Å²) in [5.74, 6) is 1.15. The summed E-state index contributed by atoms with van der Waals surface area (Å²) in [5.41, 5.74) is 3.97. The smallest absolute Gasteiger partial charge is 0.261 e. The number of carbonyl (C=O) groups is 1. The van der Waals surface area contributed by atoms with Gasteiger partial charge in [-0.25, -0.2) is 9.50 Å². The lowest BCUT2D eigenvalue weighted by Gasteiger charge is -2.26. The van der Waals surface area contributed by atoms with Gasteiger partial charge in [0.1, 0.15) is 16.9 Å². The summed E-state index contributed by atoms with van der Waals surface area (Å²) >= 11 is 0. The fourth-order valence-corrected chi connectivity index (χ4v) is 4.42. The van der Waals surface area contributed by atoms with Crippen LogP contribution in [-0.2, 0) is 6.42 Å². The Kier molecular flexibility index (Phi) is 4.28. The van der Waals surface area contributed by atoms with Crippen LogP contribution in [0.3, 0.4) is 0 Å². The lowest BCUT2D eigenvalue weighted by atomic mass is 9.87. The van der Waals surface area contributed by atoms with Crippen LogP contribution in [0.5, 0.6) is 5.75 Å². The molecule has 1 aromatic carbocycles. The Balaban J connectivity index is 1.52. The quantitative estimate of drug-likeness (QED) is 0.717. The lowest BCUT2D eigenvalue weighted by molar-refractivity contribution is 0.102. The largest absolute Gasteiger partial charge is 0.487 e. The predicted octanol–water partition coefficient (Wildman–Crippen LogP) is 3.16. The molecule has 1 saturated heterocycles. The Bertz CT molecular complexity index is 1080. The minimum atomic E-state index is -0.220. The molecule has 0 bridgehead atoms. The molecule has 5 rings (SSSR count). The molecule has 1 amide bonds. The molecule has 150 valence electrons. The number of nitrogens with zero attached hydrogens (tertiary/aromatic N) is 3. The molecular formula is C22H25N5O2. The summed E-state index contributed by atoms with van der Waals surface area (Å²) in [4.78, 5) is 17.4. The fourth-order valence-electron chi connectivity index (χ4n) is 4.42. The first-order valence-electron chi connectivity index (χ1n) is 10.2. The van der Waals surface area contributed by atoms with Crippen LogP contribution >= 0.6 is 0 Å². The van der Waals surface area contributed by atoms with Gasteiger partial charge in [0.15, 0.2) is 5.65 Å². The van der Waals surface area contributed by atoms with Crippen molar-refractivity contribution < 1.29 is 9.53 Å². The topological polar surface area (TPSA) is 80.6 Å². The number of anilines is 1. The van der Waals surface area contributed by atoms with E-state index in [2.05, 4.69) is 46.7 Å². The van der Waals surface area contributed by atoms with E-state index >= 15 is 0 Å². The van der Waals surface area contributed by atoms with Gasteiger partial charge in [0.25, 0.3) is 5.91 Å². The van der Waals surface area contributed by atoms with Crippen LogP contribution in [0.4, 0.5) is 5.69 Å². The number of ether oxygens (including phenoxy) is 1. The summed E-state index contributed by atoms with van der Waals surface area (Å²) in [6.07, 6.45) is 7.95. The number of piperidine rings is 1. The van der Waals surface area contributed by atoms with Gasteiger partial charge < -0.3 is 15.4 Å². The van der Waals surface area contributed by atoms with Crippen LogP contribution in [0.1, 0.15) is 54.1 Å². The second kappa shape index (κ2) is 6.84. The van der Waals surface area contributed by atoms with Gasteiger partial charge in [-0.3, -0.25) is 4.79 Å². The number of fused-ring (bicyclic) bond motifs is 2. The molecule has 7 heteroatoms. The maximum absolute atomic E-state index is 13.1. The van der Waals surface area contributed by atoms with Gasteiger partial charge in [-0.1, -0.05) is 0 Å². The van der Waals surface area contributed by atoms with Crippen molar-refractivity contribution in [3.8, 4) is 5.75 Å². The van der Waals surface area contributed by atoms with Gasteiger partial charge in [0.05, 0.1) is 6.20 Å². The zero-order chi connectivity index (χ0) is 20.0. The van der Waals surface area contributed by atoms with Crippen molar-refractivity contribution in [2.45, 2.75) is 44.6 Å². The third-order valence-corrected chi connectivity index (χ3v) is 5.79. The molecule has 2 aliphatic rings. The molecule has 0 atom stereocenters. The van der Waals surface area contributed by atoms with Crippen molar-refractivity contribution in [1.82, 2.24) is 19.9 Å². The molecular weight excluding hydrogens is 366 g/mol. The molecule has 29 heavy (non-hydrogen) atoms. The molecule has 2 aliphatic heterocycles. The number of benzene rings is 1. The first-order chi connectivity index (χ1) is 14.0. The molecule has 4 heterocycles. The average Bonchev–Trinajstić information content (AvgIpc) is 3.27. The van der Waals surface area contributed by atoms with Crippen LogP contribution < -0.4 is 15.4 Å². The van der Waals surface area contributed by atoms with Crippen LogP contribution in [0, 0.1) is 0 Å². The molecule has 0 aliphatic carbocycles. The van der Waals surface area contributed by atoms with Crippen LogP contribution in [-0.4, -0.2) is 39.2 Å². The van der Waals surface area contributed by atoms with Gasteiger partial charge in [0.2, 0.25) is 0 Å². The molecule has 3 aromatic rings. The van der Waals surface area contributed by atoms with E-state index in [1.54, 1.807) is 29.2 Å². The highest BCUT2D eigenvalue weighted by atomic mass is 16.5. The van der Waals surface area contributed by atoms with E-state index in [4.69, 9.17) is 4.74 Å². The highest BCUT2D eigenvalue weighted by molar-refractivity contribution is 6.08. The zero-order valence-corrected chi connectivity index (χ0v) is 16.7. The predicted molar refractivity (Wildman–Crippen MR) is 111 cm³/mol. The molecule has 0 radical (unpaired) electrons. The second-order valence-electron chi connectivity index (χ2n) is 8.51. The molecule has 1 fully saturated rings. The summed E-state index contributed by atoms with van der Waals surface area (Å²) in [5, 5.41) is 10.8. The van der Waals surface area contributed by atoms with Crippen molar-refractivity contribution in [2.24, 2.45) is 0 Å². The molecule has 2 aromatic heterocycles. The molecule has 0 unspecified atom stereocenters. The van der Waals surface area contributed by atoms with Gasteiger partial charge in [-0.2, -0.15) is 5.10 Å². The summed E-state index contributed by atoms with van der Waals surface area (Å²) in [6, 6.07) is 6.03. The highest BCUT2D eigenvalue weighted by Crippen LogP contribution is 2.42. The van der Waals surface area contributed by atoms with Gasteiger partial charge >= 0.3 is 0 Å². The molecule has 0 saturated carbocycles. The Morgan fingerprint density at radius 2 is 2.14 bits per heavy atom. The third kappa shape index (κ3) is 3.35. The normalized spacial score (nSPS) is 18.4. The minimum Gasteiger partial charge on any atom is -0.487 e. The summed E-state index contributed by atoms with van der Waals surface area (Å²) in [7, 11) is 0. The zero-order valence-electron chi connectivity index (χ0n) is 16.7. The Labute approximate surface area is 169 Å². The number of hydrogen-bond donors (Lipinski definition) is 2. The van der Waals surface area contributed by atoms with E-state index in [0.717, 1.165) is 54.9 Å². The van der Waals surface area contributed by atoms with E-state index in [0.29, 0.717) is 17.1 Å². The highest BCUT2D eigenvalue weighted by Gasteiger charge is 2.32. The van der Waals surface area contributed by atoms with Crippen LogP contribution in [0.25, 0.3) is 5.65 Å². The fraction of sp³-hybridized carbons (Fsp3) is 0.409. The minimum absolute atomic E-state index is 0.188. The van der Waals surface area contributed by atoms with Crippen molar-refractivity contribution in [3.05, 3.63) is 53.5 Å². The van der Waals surface area contributed by atoms with Gasteiger partial charge in [0, 0.05) is 30.1 Å². The van der Waals surface area contributed by atoms with Crippen molar-refractivity contribution in [3.63, 3.8) is 0 Å². The maximum Gasteiger partial charge on any atom is 0.261 e. The van der Waals surface area contributed by atoms with E-state index in [1.807, 2.05) is 0 Å². The van der Waals surface area contributed by atoms with E-state index < -0.39 is 0 Å². The monoisotopic (exact) mass is 391 g/mol. The Hall–Kier alpha value is -2.93. The van der Waals surface area contributed by atoms with Crippen molar-refractivity contribution in [1.29, 1.82) is 0 Å². The van der Waals surface area contributed by atoms with Crippen molar-refractivity contribution in [2.75, 3.05) is 18.4 Å². The SMILES string of the molecule is CC1(C)Cc2cc(NC(=O)c3cnn4cccnc34)c(C3CCNCC3)cc2O1. The van der Waals surface area contributed by atoms with Crippen LogP contribution in [0.15, 0.2) is 36.8 Å².